The van der Waals surface area contributed by atoms with Gasteiger partial charge in [-0.2, -0.15) is 0 Å². The maximum atomic E-state index is 6.07. The van der Waals surface area contributed by atoms with Crippen molar-refractivity contribution in [2.75, 3.05) is 20.3 Å². The molecule has 1 saturated heterocycles. The van der Waals surface area contributed by atoms with Crippen LogP contribution >= 0.6 is 0 Å². The number of benzene rings is 1. The van der Waals surface area contributed by atoms with Gasteiger partial charge >= 0.3 is 0 Å². The molecule has 1 unspecified atom stereocenters. The van der Waals surface area contributed by atoms with Crippen LogP contribution in [0, 0.1) is 13.8 Å². The second kappa shape index (κ2) is 9.54. The van der Waals surface area contributed by atoms with Gasteiger partial charge in [-0.15, -0.1) is 10.2 Å². The molecule has 1 aromatic carbocycles. The average Bonchev–Trinajstić information content (AvgIpc) is 3.32. The maximum Gasteiger partial charge on any atom is 0.191 e. The van der Waals surface area contributed by atoms with E-state index in [1.165, 1.54) is 5.56 Å². The van der Waals surface area contributed by atoms with Crippen molar-refractivity contribution in [3.63, 3.8) is 0 Å². The van der Waals surface area contributed by atoms with Gasteiger partial charge in [-0.1, -0.05) is 12.1 Å². The molecule has 1 fully saturated rings. The van der Waals surface area contributed by atoms with Crippen molar-refractivity contribution < 1.29 is 9.47 Å². The summed E-state index contributed by atoms with van der Waals surface area (Å²) in [4.78, 5) is 4.29. The van der Waals surface area contributed by atoms with E-state index in [9.17, 15) is 0 Å². The van der Waals surface area contributed by atoms with Gasteiger partial charge in [-0.05, 0) is 38.3 Å². The van der Waals surface area contributed by atoms with Crippen LogP contribution in [-0.2, 0) is 24.9 Å². The summed E-state index contributed by atoms with van der Waals surface area (Å²) in [6, 6.07) is 6.26. The molecule has 2 N–H and O–H groups in total. The number of guanidine groups is 1. The van der Waals surface area contributed by atoms with E-state index in [1.54, 1.807) is 7.05 Å². The lowest BCUT2D eigenvalue weighted by atomic mass is 10.1. The third-order valence-corrected chi connectivity index (χ3v) is 4.94. The highest BCUT2D eigenvalue weighted by Gasteiger charge is 2.17. The number of rotatable bonds is 7. The van der Waals surface area contributed by atoms with Gasteiger partial charge in [0.15, 0.2) is 11.8 Å². The summed E-state index contributed by atoms with van der Waals surface area (Å²) in [5.41, 5.74) is 2.26. The molecule has 0 aliphatic carbocycles. The molecular formula is C20H30N6O2. The van der Waals surface area contributed by atoms with Gasteiger partial charge in [0, 0.05) is 32.8 Å². The molecule has 0 amide bonds. The molecule has 1 atom stereocenters. The van der Waals surface area contributed by atoms with Crippen molar-refractivity contribution in [3.05, 3.63) is 41.0 Å². The molecular weight excluding hydrogens is 356 g/mol. The molecule has 3 rings (SSSR count). The Balaban J connectivity index is 1.56. The molecule has 0 radical (unpaired) electrons. The summed E-state index contributed by atoms with van der Waals surface area (Å²) < 4.78 is 13.7. The van der Waals surface area contributed by atoms with Crippen LogP contribution in [0.25, 0.3) is 0 Å². The molecule has 2 aromatic rings. The minimum absolute atomic E-state index is 0.200. The standard InChI is InChI=1S/C20H30N6O2/c1-14-7-8-16(18(10-14)28-13-17-6-5-9-27-17)11-22-20(21-3)23-12-19-25-24-15(2)26(19)4/h7-8,10,17H,5-6,9,11-13H2,1-4H3,(H2,21,22,23). The van der Waals surface area contributed by atoms with Crippen molar-refractivity contribution >= 4 is 5.96 Å². The summed E-state index contributed by atoms with van der Waals surface area (Å²) in [5.74, 6) is 3.33. The normalized spacial score (nSPS) is 17.0. The summed E-state index contributed by atoms with van der Waals surface area (Å²) in [5, 5.41) is 14.8. The summed E-state index contributed by atoms with van der Waals surface area (Å²) in [6.45, 7) is 6.59. The van der Waals surface area contributed by atoms with Gasteiger partial charge in [-0.3, -0.25) is 4.99 Å². The second-order valence-corrected chi connectivity index (χ2v) is 7.06. The van der Waals surface area contributed by atoms with E-state index in [-0.39, 0.29) is 6.10 Å². The number of aliphatic imine (C=N–C) groups is 1. The molecule has 1 aliphatic heterocycles. The highest BCUT2D eigenvalue weighted by atomic mass is 16.5. The third kappa shape index (κ3) is 5.22. The second-order valence-electron chi connectivity index (χ2n) is 7.06. The molecule has 8 heteroatoms. The van der Waals surface area contributed by atoms with Crippen molar-refractivity contribution in [2.45, 2.75) is 45.9 Å². The van der Waals surface area contributed by atoms with Gasteiger partial charge in [0.2, 0.25) is 0 Å². The first-order valence-electron chi connectivity index (χ1n) is 9.70. The van der Waals surface area contributed by atoms with Crippen LogP contribution in [0.4, 0.5) is 0 Å². The first-order chi connectivity index (χ1) is 13.6. The largest absolute Gasteiger partial charge is 0.491 e. The Bertz CT molecular complexity index is 811. The average molecular weight is 387 g/mol. The van der Waals surface area contributed by atoms with Gasteiger partial charge < -0.3 is 24.7 Å². The van der Waals surface area contributed by atoms with Crippen LogP contribution in [-0.4, -0.2) is 47.1 Å². The number of hydrogen-bond donors (Lipinski definition) is 2. The Kier molecular flexibility index (Phi) is 6.86. The molecule has 8 nitrogen and oxygen atoms in total. The quantitative estimate of drug-likeness (QED) is 0.558. The van der Waals surface area contributed by atoms with Crippen LogP contribution in [0.5, 0.6) is 5.75 Å². The van der Waals surface area contributed by atoms with Crippen molar-refractivity contribution in [3.8, 4) is 5.75 Å². The number of ether oxygens (including phenoxy) is 2. The molecule has 1 aliphatic rings. The lowest BCUT2D eigenvalue weighted by Gasteiger charge is -2.17. The van der Waals surface area contributed by atoms with Gasteiger partial charge in [0.05, 0.1) is 12.6 Å². The van der Waals surface area contributed by atoms with Gasteiger partial charge in [-0.25, -0.2) is 0 Å². The van der Waals surface area contributed by atoms with Crippen LogP contribution in [0.3, 0.4) is 0 Å². The van der Waals surface area contributed by atoms with Crippen molar-refractivity contribution in [2.24, 2.45) is 12.0 Å². The molecule has 1 aromatic heterocycles. The fraction of sp³-hybridized carbons (Fsp3) is 0.550. The van der Waals surface area contributed by atoms with Crippen molar-refractivity contribution in [1.29, 1.82) is 0 Å². The number of nitrogens with one attached hydrogen (secondary N) is 2. The zero-order valence-electron chi connectivity index (χ0n) is 17.2. The molecule has 0 bridgehead atoms. The topological polar surface area (TPSA) is 85.6 Å². The SMILES string of the molecule is CN=C(NCc1ccc(C)cc1OCC1CCCO1)NCc1nnc(C)n1C. The van der Waals surface area contributed by atoms with E-state index in [4.69, 9.17) is 9.47 Å². The monoisotopic (exact) mass is 386 g/mol. The Labute approximate surface area is 166 Å². The first-order valence-corrected chi connectivity index (χ1v) is 9.70. The minimum Gasteiger partial charge on any atom is -0.491 e. The third-order valence-electron chi connectivity index (χ3n) is 4.94. The predicted octanol–water partition coefficient (Wildman–Crippen LogP) is 1.85. The lowest BCUT2D eigenvalue weighted by Crippen LogP contribution is -2.37. The highest BCUT2D eigenvalue weighted by Crippen LogP contribution is 2.22. The fourth-order valence-electron chi connectivity index (χ4n) is 3.07. The van der Waals surface area contributed by atoms with Crippen LogP contribution in [0.15, 0.2) is 23.2 Å². The summed E-state index contributed by atoms with van der Waals surface area (Å²) in [6.07, 6.45) is 2.38. The zero-order chi connectivity index (χ0) is 19.9. The van der Waals surface area contributed by atoms with E-state index in [1.807, 2.05) is 18.5 Å². The molecule has 0 spiro atoms. The predicted molar refractivity (Wildman–Crippen MR) is 108 cm³/mol. The Morgan fingerprint density at radius 1 is 1.29 bits per heavy atom. The number of aryl methyl sites for hydroxylation is 2. The van der Waals surface area contributed by atoms with E-state index < -0.39 is 0 Å². The van der Waals surface area contributed by atoms with Crippen LogP contribution < -0.4 is 15.4 Å². The Morgan fingerprint density at radius 3 is 2.79 bits per heavy atom. The summed E-state index contributed by atoms with van der Waals surface area (Å²) in [7, 11) is 3.70. The van der Waals surface area contributed by atoms with E-state index in [0.717, 1.165) is 42.4 Å². The molecule has 0 saturated carbocycles. The Morgan fingerprint density at radius 2 is 2.11 bits per heavy atom. The summed E-state index contributed by atoms with van der Waals surface area (Å²) >= 11 is 0. The number of nitrogens with zero attached hydrogens (tertiary/aromatic N) is 4. The molecule has 2 heterocycles. The minimum atomic E-state index is 0.200. The van der Waals surface area contributed by atoms with E-state index in [0.29, 0.717) is 25.7 Å². The lowest BCUT2D eigenvalue weighted by molar-refractivity contribution is 0.0676. The first kappa shape index (κ1) is 20.1. The van der Waals surface area contributed by atoms with Crippen LogP contribution in [0.2, 0.25) is 0 Å². The smallest absolute Gasteiger partial charge is 0.191 e. The molecule has 28 heavy (non-hydrogen) atoms. The van der Waals surface area contributed by atoms with Crippen molar-refractivity contribution in [1.82, 2.24) is 25.4 Å². The van der Waals surface area contributed by atoms with E-state index >= 15 is 0 Å². The number of hydrogen-bond acceptors (Lipinski definition) is 5. The molecule has 152 valence electrons. The number of aromatic nitrogens is 3. The zero-order valence-corrected chi connectivity index (χ0v) is 17.2. The van der Waals surface area contributed by atoms with Gasteiger partial charge in [0.25, 0.3) is 0 Å². The fourth-order valence-corrected chi connectivity index (χ4v) is 3.07. The van der Waals surface area contributed by atoms with Gasteiger partial charge in [0.1, 0.15) is 18.2 Å². The van der Waals surface area contributed by atoms with Crippen LogP contribution in [0.1, 0.15) is 35.6 Å². The Hall–Kier alpha value is -2.61. The van der Waals surface area contributed by atoms with E-state index in [2.05, 4.69) is 50.9 Å². The highest BCUT2D eigenvalue weighted by molar-refractivity contribution is 5.79. The maximum absolute atomic E-state index is 6.07.